The van der Waals surface area contributed by atoms with Crippen LogP contribution in [0.4, 0.5) is 0 Å². The van der Waals surface area contributed by atoms with E-state index in [2.05, 4.69) is 17.1 Å². The molecule has 0 atom stereocenters. The van der Waals surface area contributed by atoms with E-state index in [9.17, 15) is 0 Å². The zero-order valence-electron chi connectivity index (χ0n) is 11.0. The van der Waals surface area contributed by atoms with Gasteiger partial charge >= 0.3 is 0 Å². The van der Waals surface area contributed by atoms with Gasteiger partial charge in [0, 0.05) is 29.9 Å². The molecule has 0 unspecified atom stereocenters. The topological polar surface area (TPSA) is 51.8 Å². The van der Waals surface area contributed by atoms with Crippen LogP contribution in [0.25, 0.3) is 11.4 Å². The van der Waals surface area contributed by atoms with Gasteiger partial charge in [0.25, 0.3) is 0 Å². The average Bonchev–Trinajstić information content (AvgIpc) is 3.02. The van der Waals surface area contributed by atoms with E-state index in [1.54, 1.807) is 0 Å². The predicted molar refractivity (Wildman–Crippen MR) is 76.6 cm³/mol. The molecule has 19 heavy (non-hydrogen) atoms. The summed E-state index contributed by atoms with van der Waals surface area (Å²) >= 11 is 0. The van der Waals surface area contributed by atoms with Gasteiger partial charge < -0.3 is 5.73 Å². The highest BCUT2D eigenvalue weighted by molar-refractivity contribution is 5.56. The third-order valence-electron chi connectivity index (χ3n) is 3.87. The smallest absolute Gasteiger partial charge is 0.159 e. The third-order valence-corrected chi connectivity index (χ3v) is 3.87. The van der Waals surface area contributed by atoms with Crippen LogP contribution in [0.2, 0.25) is 0 Å². The van der Waals surface area contributed by atoms with E-state index in [0.29, 0.717) is 12.5 Å². The van der Waals surface area contributed by atoms with Crippen LogP contribution in [-0.4, -0.2) is 9.97 Å². The molecule has 1 aromatic carbocycles. The maximum atomic E-state index is 5.69. The lowest BCUT2D eigenvalue weighted by molar-refractivity contribution is 0.695. The zero-order chi connectivity index (χ0) is 13.1. The second-order valence-electron chi connectivity index (χ2n) is 5.19. The first-order valence-corrected chi connectivity index (χ1v) is 6.99. The SMILES string of the molecule is NCc1cccc(-c2nccc(C3CCCC3)n2)c1. The van der Waals surface area contributed by atoms with Gasteiger partial charge in [-0.1, -0.05) is 31.0 Å². The first-order valence-electron chi connectivity index (χ1n) is 6.99. The van der Waals surface area contributed by atoms with Crippen molar-refractivity contribution in [3.8, 4) is 11.4 Å². The summed E-state index contributed by atoms with van der Waals surface area (Å²) in [7, 11) is 0. The van der Waals surface area contributed by atoms with Crippen LogP contribution in [0, 0.1) is 0 Å². The largest absolute Gasteiger partial charge is 0.326 e. The van der Waals surface area contributed by atoms with Crippen molar-refractivity contribution in [1.29, 1.82) is 0 Å². The Labute approximate surface area is 113 Å². The van der Waals surface area contributed by atoms with Crippen molar-refractivity contribution in [2.75, 3.05) is 0 Å². The van der Waals surface area contributed by atoms with Gasteiger partial charge in [-0.05, 0) is 30.5 Å². The minimum atomic E-state index is 0.552. The highest BCUT2D eigenvalue weighted by Gasteiger charge is 2.18. The van der Waals surface area contributed by atoms with E-state index in [4.69, 9.17) is 10.7 Å². The minimum Gasteiger partial charge on any atom is -0.326 e. The summed E-state index contributed by atoms with van der Waals surface area (Å²) in [5, 5.41) is 0. The van der Waals surface area contributed by atoms with Gasteiger partial charge in [-0.2, -0.15) is 0 Å². The van der Waals surface area contributed by atoms with Crippen molar-refractivity contribution >= 4 is 0 Å². The molecule has 3 heteroatoms. The summed E-state index contributed by atoms with van der Waals surface area (Å²) in [6, 6.07) is 10.2. The second-order valence-corrected chi connectivity index (χ2v) is 5.19. The van der Waals surface area contributed by atoms with Gasteiger partial charge in [0.05, 0.1) is 0 Å². The van der Waals surface area contributed by atoms with E-state index in [1.165, 1.54) is 31.4 Å². The van der Waals surface area contributed by atoms with Gasteiger partial charge in [0.2, 0.25) is 0 Å². The first-order chi connectivity index (χ1) is 9.36. The van der Waals surface area contributed by atoms with Crippen molar-refractivity contribution < 1.29 is 0 Å². The van der Waals surface area contributed by atoms with Crippen LogP contribution in [0.5, 0.6) is 0 Å². The Balaban J connectivity index is 1.93. The van der Waals surface area contributed by atoms with Gasteiger partial charge in [0.1, 0.15) is 0 Å². The lowest BCUT2D eigenvalue weighted by Crippen LogP contribution is -2.00. The summed E-state index contributed by atoms with van der Waals surface area (Å²) in [5.41, 5.74) is 9.06. The van der Waals surface area contributed by atoms with Crippen molar-refractivity contribution in [2.24, 2.45) is 5.73 Å². The summed E-state index contributed by atoms with van der Waals surface area (Å²) in [6.07, 6.45) is 7.06. The highest BCUT2D eigenvalue weighted by atomic mass is 14.9. The van der Waals surface area contributed by atoms with Gasteiger partial charge in [-0.15, -0.1) is 0 Å². The summed E-state index contributed by atoms with van der Waals surface area (Å²) in [6.45, 7) is 0.552. The van der Waals surface area contributed by atoms with Crippen LogP contribution in [0.1, 0.15) is 42.9 Å². The van der Waals surface area contributed by atoms with Crippen LogP contribution >= 0.6 is 0 Å². The van der Waals surface area contributed by atoms with Crippen molar-refractivity contribution in [3.05, 3.63) is 47.8 Å². The van der Waals surface area contributed by atoms with E-state index in [1.807, 2.05) is 24.4 Å². The average molecular weight is 253 g/mol. The van der Waals surface area contributed by atoms with Gasteiger partial charge in [-0.3, -0.25) is 0 Å². The molecule has 0 saturated heterocycles. The van der Waals surface area contributed by atoms with E-state index >= 15 is 0 Å². The summed E-state index contributed by atoms with van der Waals surface area (Å²) in [4.78, 5) is 9.15. The number of rotatable bonds is 3. The zero-order valence-corrected chi connectivity index (χ0v) is 11.0. The number of aromatic nitrogens is 2. The molecule has 2 N–H and O–H groups in total. The molecule has 0 spiro atoms. The van der Waals surface area contributed by atoms with E-state index in [-0.39, 0.29) is 0 Å². The standard InChI is InChI=1S/C16H19N3/c17-11-12-4-3-7-14(10-12)16-18-9-8-15(19-16)13-5-1-2-6-13/h3-4,7-10,13H,1-2,5-6,11,17H2. The molecule has 1 aliphatic rings. The van der Waals surface area contributed by atoms with Crippen molar-refractivity contribution in [1.82, 2.24) is 9.97 Å². The minimum absolute atomic E-state index is 0.552. The molecular weight excluding hydrogens is 234 g/mol. The lowest BCUT2D eigenvalue weighted by Gasteiger charge is -2.10. The lowest BCUT2D eigenvalue weighted by atomic mass is 10.0. The first kappa shape index (κ1) is 12.3. The summed E-state index contributed by atoms with van der Waals surface area (Å²) in [5.74, 6) is 1.44. The molecule has 3 nitrogen and oxygen atoms in total. The number of nitrogens with two attached hydrogens (primary N) is 1. The Morgan fingerprint density at radius 2 is 2.00 bits per heavy atom. The third kappa shape index (κ3) is 2.66. The molecule has 1 aromatic heterocycles. The Morgan fingerprint density at radius 3 is 2.79 bits per heavy atom. The fourth-order valence-corrected chi connectivity index (χ4v) is 2.80. The molecule has 0 amide bonds. The maximum absolute atomic E-state index is 5.69. The Hall–Kier alpha value is -1.74. The fourth-order valence-electron chi connectivity index (χ4n) is 2.80. The molecule has 0 radical (unpaired) electrons. The molecule has 0 aliphatic heterocycles. The summed E-state index contributed by atoms with van der Waals surface area (Å²) < 4.78 is 0. The second kappa shape index (κ2) is 5.49. The molecule has 98 valence electrons. The monoisotopic (exact) mass is 253 g/mol. The van der Waals surface area contributed by atoms with Crippen LogP contribution in [-0.2, 0) is 6.54 Å². The van der Waals surface area contributed by atoms with Crippen LogP contribution < -0.4 is 5.73 Å². The number of benzene rings is 1. The van der Waals surface area contributed by atoms with Crippen LogP contribution in [0.3, 0.4) is 0 Å². The molecule has 1 fully saturated rings. The molecule has 1 aliphatic carbocycles. The van der Waals surface area contributed by atoms with Gasteiger partial charge in [-0.25, -0.2) is 9.97 Å². The van der Waals surface area contributed by atoms with E-state index in [0.717, 1.165) is 17.0 Å². The van der Waals surface area contributed by atoms with E-state index < -0.39 is 0 Å². The molecular formula is C16H19N3. The molecule has 2 aromatic rings. The normalized spacial score (nSPS) is 15.8. The molecule has 3 rings (SSSR count). The quantitative estimate of drug-likeness (QED) is 0.913. The fraction of sp³-hybridized carbons (Fsp3) is 0.375. The Kier molecular flexibility index (Phi) is 3.56. The number of hydrogen-bond acceptors (Lipinski definition) is 3. The van der Waals surface area contributed by atoms with Crippen LogP contribution in [0.15, 0.2) is 36.5 Å². The van der Waals surface area contributed by atoms with Crippen molar-refractivity contribution in [2.45, 2.75) is 38.1 Å². The molecule has 1 heterocycles. The number of nitrogens with zero attached hydrogens (tertiary/aromatic N) is 2. The predicted octanol–water partition coefficient (Wildman–Crippen LogP) is 3.26. The highest BCUT2D eigenvalue weighted by Crippen LogP contribution is 2.33. The van der Waals surface area contributed by atoms with Crippen molar-refractivity contribution in [3.63, 3.8) is 0 Å². The Morgan fingerprint density at radius 1 is 1.16 bits per heavy atom. The Bertz CT molecular complexity index is 559. The number of hydrogen-bond donors (Lipinski definition) is 1. The molecule has 0 bridgehead atoms. The van der Waals surface area contributed by atoms with Gasteiger partial charge in [0.15, 0.2) is 5.82 Å². The maximum Gasteiger partial charge on any atom is 0.159 e. The molecule has 1 saturated carbocycles.